The van der Waals surface area contributed by atoms with Gasteiger partial charge in [0.25, 0.3) is 0 Å². The molecule has 0 amide bonds. The van der Waals surface area contributed by atoms with E-state index < -0.39 is 0 Å². The molecule has 1 unspecified atom stereocenters. The highest BCUT2D eigenvalue weighted by atomic mass is 19.1. The summed E-state index contributed by atoms with van der Waals surface area (Å²) in [7, 11) is 1.65. The SMILES string of the molecule is CCNC(c1ccc(F)cn1)c1cc(C)ccc1OC. The summed E-state index contributed by atoms with van der Waals surface area (Å²) in [6.07, 6.45) is 1.24. The molecule has 0 aliphatic carbocycles. The number of pyridine rings is 1. The van der Waals surface area contributed by atoms with E-state index >= 15 is 0 Å². The fourth-order valence-electron chi connectivity index (χ4n) is 2.22. The fourth-order valence-corrected chi connectivity index (χ4v) is 2.22. The summed E-state index contributed by atoms with van der Waals surface area (Å²) < 4.78 is 18.5. The quantitative estimate of drug-likeness (QED) is 0.909. The van der Waals surface area contributed by atoms with Gasteiger partial charge in [-0.05, 0) is 31.7 Å². The van der Waals surface area contributed by atoms with E-state index in [2.05, 4.69) is 16.4 Å². The molecule has 1 heterocycles. The predicted octanol–water partition coefficient (Wildman–Crippen LogP) is 3.24. The minimum Gasteiger partial charge on any atom is -0.496 e. The number of ether oxygens (including phenoxy) is 1. The van der Waals surface area contributed by atoms with Crippen LogP contribution >= 0.6 is 0 Å². The van der Waals surface area contributed by atoms with Gasteiger partial charge in [-0.3, -0.25) is 4.98 Å². The summed E-state index contributed by atoms with van der Waals surface area (Å²) in [5.74, 6) is 0.466. The predicted molar refractivity (Wildman–Crippen MR) is 77.4 cm³/mol. The number of halogens is 1. The number of hydrogen-bond acceptors (Lipinski definition) is 3. The number of nitrogens with zero attached hydrogens (tertiary/aromatic N) is 1. The monoisotopic (exact) mass is 274 g/mol. The molecule has 0 bridgehead atoms. The largest absolute Gasteiger partial charge is 0.496 e. The van der Waals surface area contributed by atoms with Gasteiger partial charge in [0, 0.05) is 5.56 Å². The molecule has 0 radical (unpaired) electrons. The maximum atomic E-state index is 13.0. The molecule has 0 spiro atoms. The summed E-state index contributed by atoms with van der Waals surface area (Å²) in [5.41, 5.74) is 2.93. The molecule has 0 aliphatic heterocycles. The average molecular weight is 274 g/mol. The Kier molecular flexibility index (Phi) is 4.69. The van der Waals surface area contributed by atoms with E-state index in [9.17, 15) is 4.39 Å². The maximum Gasteiger partial charge on any atom is 0.141 e. The van der Waals surface area contributed by atoms with Gasteiger partial charge >= 0.3 is 0 Å². The molecule has 0 saturated heterocycles. The van der Waals surface area contributed by atoms with Crippen molar-refractivity contribution < 1.29 is 9.13 Å². The van der Waals surface area contributed by atoms with Crippen molar-refractivity contribution in [1.82, 2.24) is 10.3 Å². The van der Waals surface area contributed by atoms with E-state index in [4.69, 9.17) is 4.74 Å². The number of aryl methyl sites for hydroxylation is 1. The summed E-state index contributed by atoms with van der Waals surface area (Å²) in [6, 6.07) is 9.02. The van der Waals surface area contributed by atoms with Crippen LogP contribution in [0.4, 0.5) is 4.39 Å². The number of methoxy groups -OCH3 is 1. The molecule has 20 heavy (non-hydrogen) atoms. The lowest BCUT2D eigenvalue weighted by Gasteiger charge is -2.21. The second-order valence-corrected chi connectivity index (χ2v) is 4.64. The van der Waals surface area contributed by atoms with Crippen molar-refractivity contribution in [1.29, 1.82) is 0 Å². The Morgan fingerprint density at radius 3 is 2.70 bits per heavy atom. The molecule has 1 aromatic carbocycles. The normalized spacial score (nSPS) is 12.2. The zero-order chi connectivity index (χ0) is 14.5. The van der Waals surface area contributed by atoms with Crippen LogP contribution in [0.2, 0.25) is 0 Å². The molecule has 106 valence electrons. The van der Waals surface area contributed by atoms with Gasteiger partial charge in [0.15, 0.2) is 0 Å². The van der Waals surface area contributed by atoms with E-state index in [0.717, 1.165) is 29.1 Å². The summed E-state index contributed by atoms with van der Waals surface area (Å²) in [6.45, 7) is 4.84. The highest BCUT2D eigenvalue weighted by Crippen LogP contribution is 2.30. The van der Waals surface area contributed by atoms with Crippen LogP contribution in [0.5, 0.6) is 5.75 Å². The van der Waals surface area contributed by atoms with E-state index in [0.29, 0.717) is 0 Å². The molecule has 2 aromatic rings. The van der Waals surface area contributed by atoms with E-state index in [1.165, 1.54) is 12.3 Å². The van der Waals surface area contributed by atoms with Crippen LogP contribution in [0.1, 0.15) is 29.8 Å². The van der Waals surface area contributed by atoms with Gasteiger partial charge in [-0.2, -0.15) is 0 Å². The average Bonchev–Trinajstić information content (AvgIpc) is 2.46. The van der Waals surface area contributed by atoms with E-state index in [1.807, 2.05) is 26.0 Å². The smallest absolute Gasteiger partial charge is 0.141 e. The Balaban J connectivity index is 2.47. The first-order chi connectivity index (χ1) is 9.65. The van der Waals surface area contributed by atoms with E-state index in [-0.39, 0.29) is 11.9 Å². The van der Waals surface area contributed by atoms with Crippen LogP contribution in [0, 0.1) is 12.7 Å². The lowest BCUT2D eigenvalue weighted by atomic mass is 9.99. The first-order valence-corrected chi connectivity index (χ1v) is 6.65. The van der Waals surface area contributed by atoms with Gasteiger partial charge in [-0.25, -0.2) is 4.39 Å². The molecule has 1 atom stereocenters. The Bertz CT molecular complexity index is 569. The van der Waals surface area contributed by atoms with Gasteiger partial charge in [0.1, 0.15) is 11.6 Å². The highest BCUT2D eigenvalue weighted by Gasteiger charge is 2.18. The molecule has 0 aliphatic rings. The molecule has 3 nitrogen and oxygen atoms in total. The molecule has 1 N–H and O–H groups in total. The van der Waals surface area contributed by atoms with Crippen molar-refractivity contribution in [3.63, 3.8) is 0 Å². The standard InChI is InChI=1S/C16H19FN2O/c1-4-18-16(14-7-6-12(17)10-19-14)13-9-11(2)5-8-15(13)20-3/h5-10,16,18H,4H2,1-3H3. The summed E-state index contributed by atoms with van der Waals surface area (Å²) >= 11 is 0. The van der Waals surface area contributed by atoms with Gasteiger partial charge in [-0.1, -0.05) is 24.6 Å². The third kappa shape index (κ3) is 3.14. The second kappa shape index (κ2) is 6.48. The van der Waals surface area contributed by atoms with Crippen LogP contribution in [0.15, 0.2) is 36.5 Å². The Morgan fingerprint density at radius 1 is 1.30 bits per heavy atom. The Labute approximate surface area is 118 Å². The van der Waals surface area contributed by atoms with Gasteiger partial charge < -0.3 is 10.1 Å². The summed E-state index contributed by atoms with van der Waals surface area (Å²) in [5, 5.41) is 3.37. The third-order valence-corrected chi connectivity index (χ3v) is 3.15. The van der Waals surface area contributed by atoms with Gasteiger partial charge in [0.05, 0.1) is 25.0 Å². The number of nitrogens with one attached hydrogen (secondary N) is 1. The number of hydrogen-bond donors (Lipinski definition) is 1. The van der Waals surface area contributed by atoms with E-state index in [1.54, 1.807) is 13.2 Å². The van der Waals surface area contributed by atoms with Crippen molar-refractivity contribution in [3.05, 3.63) is 59.2 Å². The minimum absolute atomic E-state index is 0.115. The maximum absolute atomic E-state index is 13.0. The minimum atomic E-state index is -0.333. The molecule has 2 rings (SSSR count). The summed E-state index contributed by atoms with van der Waals surface area (Å²) in [4.78, 5) is 4.19. The van der Waals surface area contributed by atoms with Gasteiger partial charge in [0.2, 0.25) is 0 Å². The van der Waals surface area contributed by atoms with Crippen molar-refractivity contribution in [2.75, 3.05) is 13.7 Å². The van der Waals surface area contributed by atoms with Crippen molar-refractivity contribution >= 4 is 0 Å². The van der Waals surface area contributed by atoms with Crippen LogP contribution in [0.3, 0.4) is 0 Å². The Hall–Kier alpha value is -1.94. The zero-order valence-corrected chi connectivity index (χ0v) is 12.0. The Morgan fingerprint density at radius 2 is 2.10 bits per heavy atom. The molecule has 0 saturated carbocycles. The second-order valence-electron chi connectivity index (χ2n) is 4.64. The third-order valence-electron chi connectivity index (χ3n) is 3.15. The van der Waals surface area contributed by atoms with Crippen molar-refractivity contribution in [2.45, 2.75) is 19.9 Å². The molecule has 4 heteroatoms. The molecule has 0 fully saturated rings. The number of benzene rings is 1. The van der Waals surface area contributed by atoms with Crippen LogP contribution < -0.4 is 10.1 Å². The van der Waals surface area contributed by atoms with Crippen LogP contribution in [-0.4, -0.2) is 18.6 Å². The van der Waals surface area contributed by atoms with Crippen molar-refractivity contribution in [2.24, 2.45) is 0 Å². The fraction of sp³-hybridized carbons (Fsp3) is 0.312. The molecular weight excluding hydrogens is 255 g/mol. The zero-order valence-electron chi connectivity index (χ0n) is 12.0. The van der Waals surface area contributed by atoms with Gasteiger partial charge in [-0.15, -0.1) is 0 Å². The van der Waals surface area contributed by atoms with Crippen LogP contribution in [0.25, 0.3) is 0 Å². The number of aromatic nitrogens is 1. The molecule has 1 aromatic heterocycles. The van der Waals surface area contributed by atoms with Crippen molar-refractivity contribution in [3.8, 4) is 5.75 Å². The lowest BCUT2D eigenvalue weighted by Crippen LogP contribution is -2.23. The first kappa shape index (κ1) is 14.5. The topological polar surface area (TPSA) is 34.2 Å². The highest BCUT2D eigenvalue weighted by molar-refractivity contribution is 5.42. The van der Waals surface area contributed by atoms with Crippen LogP contribution in [-0.2, 0) is 0 Å². The molecular formula is C16H19FN2O. The number of rotatable bonds is 5. The first-order valence-electron chi connectivity index (χ1n) is 6.65. The lowest BCUT2D eigenvalue weighted by molar-refractivity contribution is 0.403.